The fourth-order valence-electron chi connectivity index (χ4n) is 4.28. The van der Waals surface area contributed by atoms with E-state index in [0.29, 0.717) is 17.4 Å². The third-order valence-electron chi connectivity index (χ3n) is 6.13. The summed E-state index contributed by atoms with van der Waals surface area (Å²) in [5, 5.41) is 13.7. The average Bonchev–Trinajstić information content (AvgIpc) is 3.19. The third kappa shape index (κ3) is 4.72. The van der Waals surface area contributed by atoms with Crippen LogP contribution in [-0.2, 0) is 11.8 Å². The van der Waals surface area contributed by atoms with Crippen LogP contribution in [0.25, 0.3) is 22.1 Å². The molecule has 0 spiro atoms. The minimum Gasteiger partial charge on any atom is -0.493 e. The van der Waals surface area contributed by atoms with E-state index < -0.39 is 0 Å². The van der Waals surface area contributed by atoms with Gasteiger partial charge in [0.15, 0.2) is 23.8 Å². The third-order valence-corrected chi connectivity index (χ3v) is 6.13. The second kappa shape index (κ2) is 9.96. The number of rotatable bonds is 7. The molecule has 1 aliphatic rings. The Bertz CT molecular complexity index is 1390. The maximum Gasteiger partial charge on any atom is 0.265 e. The van der Waals surface area contributed by atoms with Crippen LogP contribution in [-0.4, -0.2) is 63.6 Å². The molecule has 1 saturated heterocycles. The van der Waals surface area contributed by atoms with Crippen molar-refractivity contribution in [3.05, 3.63) is 48.0 Å². The molecule has 1 aliphatic heterocycles. The maximum atomic E-state index is 12.4. The number of anilines is 1. The Kier molecular flexibility index (Phi) is 6.42. The van der Waals surface area contributed by atoms with Crippen molar-refractivity contribution in [1.82, 2.24) is 24.6 Å². The number of aryl methyl sites for hydroxylation is 1. The molecule has 35 heavy (non-hydrogen) atoms. The summed E-state index contributed by atoms with van der Waals surface area (Å²) in [6, 6.07) is 13.4. The number of amides is 1. The van der Waals surface area contributed by atoms with Gasteiger partial charge in [0.25, 0.3) is 11.9 Å². The fourth-order valence-corrected chi connectivity index (χ4v) is 4.28. The van der Waals surface area contributed by atoms with Gasteiger partial charge >= 0.3 is 0 Å². The monoisotopic (exact) mass is 473 g/mol. The highest BCUT2D eigenvalue weighted by molar-refractivity contribution is 6.04. The zero-order valence-electron chi connectivity index (χ0n) is 19.8. The highest BCUT2D eigenvalue weighted by Gasteiger charge is 2.17. The number of carbonyl (C=O) groups is 1. The van der Waals surface area contributed by atoms with E-state index in [9.17, 15) is 4.79 Å². The lowest BCUT2D eigenvalue weighted by atomic mass is 10.1. The number of benzene rings is 2. The van der Waals surface area contributed by atoms with E-state index in [1.807, 2.05) is 46.8 Å². The molecule has 0 saturated carbocycles. The van der Waals surface area contributed by atoms with Gasteiger partial charge in [-0.05, 0) is 49.1 Å². The van der Waals surface area contributed by atoms with Gasteiger partial charge in [0.2, 0.25) is 0 Å². The molecule has 1 amide bonds. The number of hydrogen-bond donors (Lipinski definition) is 1. The number of aromatic nitrogens is 4. The first kappa shape index (κ1) is 22.6. The number of piperidine rings is 1. The van der Waals surface area contributed by atoms with Crippen LogP contribution in [0.3, 0.4) is 0 Å². The Labute approximate surface area is 202 Å². The van der Waals surface area contributed by atoms with Crippen molar-refractivity contribution in [3.63, 3.8) is 0 Å². The summed E-state index contributed by atoms with van der Waals surface area (Å²) >= 11 is 0. The zero-order chi connectivity index (χ0) is 24.2. The molecule has 0 unspecified atom stereocenters. The van der Waals surface area contributed by atoms with Gasteiger partial charge in [0.05, 0.1) is 18.8 Å². The Balaban J connectivity index is 1.25. The summed E-state index contributed by atoms with van der Waals surface area (Å²) in [7, 11) is 3.51. The smallest absolute Gasteiger partial charge is 0.265 e. The number of hydrazone groups is 1. The van der Waals surface area contributed by atoms with Gasteiger partial charge in [-0.2, -0.15) is 10.1 Å². The minimum atomic E-state index is -0.00761. The topological polar surface area (TPSA) is 107 Å². The number of hydrogen-bond acceptors (Lipinski definition) is 8. The van der Waals surface area contributed by atoms with Gasteiger partial charge < -0.3 is 18.9 Å². The number of nitrogens with one attached hydrogen (secondary N) is 1. The Hall–Kier alpha value is -4.21. The van der Waals surface area contributed by atoms with Crippen LogP contribution >= 0.6 is 0 Å². The lowest BCUT2D eigenvalue weighted by Crippen LogP contribution is -2.38. The highest BCUT2D eigenvalue weighted by atomic mass is 16.5. The fraction of sp³-hybridized carbons (Fsp3) is 0.320. The van der Waals surface area contributed by atoms with Crippen LogP contribution in [0, 0.1) is 0 Å². The van der Waals surface area contributed by atoms with Crippen molar-refractivity contribution in [2.45, 2.75) is 19.3 Å². The van der Waals surface area contributed by atoms with E-state index in [-0.39, 0.29) is 12.5 Å². The van der Waals surface area contributed by atoms with E-state index >= 15 is 0 Å². The Morgan fingerprint density at radius 3 is 2.77 bits per heavy atom. The van der Waals surface area contributed by atoms with Gasteiger partial charge in [-0.1, -0.05) is 18.2 Å². The number of nitrogens with zero attached hydrogens (tertiary/aromatic N) is 6. The lowest BCUT2D eigenvalue weighted by Gasteiger charge is -2.26. The van der Waals surface area contributed by atoms with Gasteiger partial charge in [-0.3, -0.25) is 4.79 Å². The van der Waals surface area contributed by atoms with Crippen molar-refractivity contribution in [2.24, 2.45) is 12.1 Å². The molecule has 10 heteroatoms. The quantitative estimate of drug-likeness (QED) is 0.324. The molecule has 2 aromatic carbocycles. The second-order valence-corrected chi connectivity index (χ2v) is 8.39. The van der Waals surface area contributed by atoms with Crippen LogP contribution in [0.15, 0.2) is 47.6 Å². The van der Waals surface area contributed by atoms with Crippen molar-refractivity contribution < 1.29 is 14.3 Å². The molecule has 4 aromatic rings. The number of methoxy groups -OCH3 is 1. The molecule has 10 nitrogen and oxygen atoms in total. The van der Waals surface area contributed by atoms with Gasteiger partial charge in [0.1, 0.15) is 5.52 Å². The van der Waals surface area contributed by atoms with Crippen molar-refractivity contribution in [3.8, 4) is 11.5 Å². The normalized spacial score (nSPS) is 14.1. The predicted octanol–water partition coefficient (Wildman–Crippen LogP) is 3.36. The van der Waals surface area contributed by atoms with E-state index in [0.717, 1.165) is 53.6 Å². The van der Waals surface area contributed by atoms with Crippen LogP contribution in [0.5, 0.6) is 11.5 Å². The average molecular weight is 474 g/mol. The summed E-state index contributed by atoms with van der Waals surface area (Å²) in [6.07, 6.45) is 4.90. The molecule has 2 aromatic heterocycles. The molecule has 1 N–H and O–H groups in total. The summed E-state index contributed by atoms with van der Waals surface area (Å²) in [6.45, 7) is 1.59. The molecule has 1 fully saturated rings. The summed E-state index contributed by atoms with van der Waals surface area (Å²) < 4.78 is 13.2. The molecule has 5 rings (SSSR count). The van der Waals surface area contributed by atoms with E-state index in [1.165, 1.54) is 6.42 Å². The first-order valence-electron chi connectivity index (χ1n) is 11.6. The highest BCUT2D eigenvalue weighted by Crippen LogP contribution is 2.28. The summed E-state index contributed by atoms with van der Waals surface area (Å²) in [5.41, 5.74) is 6.12. The van der Waals surface area contributed by atoms with Crippen LogP contribution in [0.4, 0.5) is 5.95 Å². The minimum absolute atomic E-state index is 0.00158. The van der Waals surface area contributed by atoms with Gasteiger partial charge in [0, 0.05) is 25.5 Å². The molecular weight excluding hydrogens is 446 g/mol. The SMILES string of the molecule is COc1cc(/C=N/Nc2nnc3c4ccccc4n(C)c3n2)ccc1OCC(=O)N1CCCCC1. The molecule has 0 atom stereocenters. The number of para-hydroxylation sites is 1. The van der Waals surface area contributed by atoms with Crippen LogP contribution in [0.2, 0.25) is 0 Å². The molecule has 0 radical (unpaired) electrons. The van der Waals surface area contributed by atoms with E-state index in [2.05, 4.69) is 25.7 Å². The largest absolute Gasteiger partial charge is 0.493 e. The lowest BCUT2D eigenvalue weighted by molar-refractivity contribution is -0.134. The maximum absolute atomic E-state index is 12.4. The van der Waals surface area contributed by atoms with E-state index in [4.69, 9.17) is 9.47 Å². The Morgan fingerprint density at radius 2 is 1.94 bits per heavy atom. The molecule has 0 bridgehead atoms. The van der Waals surface area contributed by atoms with Crippen molar-refractivity contribution in [2.75, 3.05) is 32.2 Å². The van der Waals surface area contributed by atoms with Crippen LogP contribution in [0.1, 0.15) is 24.8 Å². The van der Waals surface area contributed by atoms with Crippen molar-refractivity contribution in [1.29, 1.82) is 0 Å². The van der Waals surface area contributed by atoms with Gasteiger partial charge in [-0.25, -0.2) is 5.43 Å². The van der Waals surface area contributed by atoms with E-state index in [1.54, 1.807) is 25.5 Å². The second-order valence-electron chi connectivity index (χ2n) is 8.39. The number of carbonyl (C=O) groups excluding carboxylic acids is 1. The van der Waals surface area contributed by atoms with Crippen molar-refractivity contribution >= 4 is 40.1 Å². The van der Waals surface area contributed by atoms with Gasteiger partial charge in [-0.15, -0.1) is 10.2 Å². The zero-order valence-corrected chi connectivity index (χ0v) is 19.8. The number of likely N-dealkylation sites (tertiary alicyclic amines) is 1. The first-order valence-corrected chi connectivity index (χ1v) is 11.6. The molecular formula is C25H27N7O3. The predicted molar refractivity (Wildman–Crippen MR) is 134 cm³/mol. The summed E-state index contributed by atoms with van der Waals surface area (Å²) in [5.74, 6) is 1.33. The first-order chi connectivity index (χ1) is 17.1. The summed E-state index contributed by atoms with van der Waals surface area (Å²) in [4.78, 5) is 18.8. The number of fused-ring (bicyclic) bond motifs is 3. The Morgan fingerprint density at radius 1 is 1.11 bits per heavy atom. The number of ether oxygens (including phenoxy) is 2. The molecule has 3 heterocycles. The standard InChI is InChI=1S/C25H27N7O3/c1-31-19-9-5-4-8-18(19)23-24(31)27-25(30-28-23)29-26-15-17-10-11-20(21(14-17)34-2)35-16-22(33)32-12-6-3-7-13-32/h4-5,8-11,14-15H,3,6-7,12-13,16H2,1-2H3,(H,27,29,30)/b26-15+. The molecule has 0 aliphatic carbocycles. The molecule has 180 valence electrons. The van der Waals surface area contributed by atoms with Crippen LogP contribution < -0.4 is 14.9 Å².